The smallest absolute Gasteiger partial charge is 0.170 e. The summed E-state index contributed by atoms with van der Waals surface area (Å²) in [4.78, 5) is 0. The number of hydrogen-bond acceptors (Lipinski definition) is 3. The van der Waals surface area contributed by atoms with Gasteiger partial charge >= 0.3 is 0 Å². The molecule has 128 valence electrons. The molecule has 0 aliphatic rings. The van der Waals surface area contributed by atoms with Crippen LogP contribution in [0.3, 0.4) is 0 Å². The summed E-state index contributed by atoms with van der Waals surface area (Å²) in [6, 6.07) is 12.1. The lowest BCUT2D eigenvalue weighted by molar-refractivity contribution is 0.355. The van der Waals surface area contributed by atoms with Crippen LogP contribution in [0.2, 0.25) is 0 Å². The molecule has 0 atom stereocenters. The summed E-state index contributed by atoms with van der Waals surface area (Å²) in [7, 11) is 3.19. The molecular formula is C18H21FN2O2S. The zero-order valence-electron chi connectivity index (χ0n) is 13.8. The molecule has 0 aliphatic heterocycles. The summed E-state index contributed by atoms with van der Waals surface area (Å²) >= 11 is 5.28. The molecule has 0 saturated heterocycles. The molecule has 0 aliphatic carbocycles. The maximum atomic E-state index is 12.8. The summed E-state index contributed by atoms with van der Waals surface area (Å²) in [5.41, 5.74) is 1.93. The average molecular weight is 348 g/mol. The molecule has 0 spiro atoms. The highest BCUT2D eigenvalue weighted by Gasteiger charge is 2.05. The van der Waals surface area contributed by atoms with Crippen LogP contribution in [0.1, 0.15) is 12.0 Å². The van der Waals surface area contributed by atoms with E-state index in [2.05, 4.69) is 10.6 Å². The Hall–Kier alpha value is -2.34. The fourth-order valence-electron chi connectivity index (χ4n) is 2.23. The molecule has 24 heavy (non-hydrogen) atoms. The van der Waals surface area contributed by atoms with Gasteiger partial charge in [-0.2, -0.15) is 0 Å². The largest absolute Gasteiger partial charge is 0.493 e. The lowest BCUT2D eigenvalue weighted by Crippen LogP contribution is -2.29. The van der Waals surface area contributed by atoms with Crippen LogP contribution in [0.15, 0.2) is 42.5 Å². The first kappa shape index (κ1) is 18.0. The third kappa shape index (κ3) is 5.38. The second kappa shape index (κ2) is 9.08. The fourth-order valence-corrected chi connectivity index (χ4v) is 2.45. The van der Waals surface area contributed by atoms with Crippen LogP contribution in [0, 0.1) is 5.82 Å². The van der Waals surface area contributed by atoms with Crippen LogP contribution in [0.5, 0.6) is 11.5 Å². The molecule has 6 heteroatoms. The highest BCUT2D eigenvalue weighted by Crippen LogP contribution is 2.29. The Kier molecular flexibility index (Phi) is 6.81. The first-order valence-corrected chi connectivity index (χ1v) is 8.04. The lowest BCUT2D eigenvalue weighted by atomic mass is 10.1. The Labute approximate surface area is 147 Å². The van der Waals surface area contributed by atoms with Crippen LogP contribution in [0.25, 0.3) is 0 Å². The Morgan fingerprint density at radius 2 is 1.75 bits per heavy atom. The van der Waals surface area contributed by atoms with Crippen molar-refractivity contribution in [1.29, 1.82) is 0 Å². The second-order valence-electron chi connectivity index (χ2n) is 5.18. The Morgan fingerprint density at radius 3 is 2.42 bits per heavy atom. The summed E-state index contributed by atoms with van der Waals surface area (Å²) in [5.74, 6) is 1.10. The van der Waals surface area contributed by atoms with E-state index in [0.29, 0.717) is 16.6 Å². The molecule has 0 saturated carbocycles. The average Bonchev–Trinajstić information content (AvgIpc) is 2.60. The van der Waals surface area contributed by atoms with Gasteiger partial charge in [0.2, 0.25) is 0 Å². The third-order valence-electron chi connectivity index (χ3n) is 3.48. The Morgan fingerprint density at radius 1 is 1.04 bits per heavy atom. The molecule has 2 aromatic rings. The highest BCUT2D eigenvalue weighted by atomic mass is 32.1. The van der Waals surface area contributed by atoms with Crippen LogP contribution < -0.4 is 20.1 Å². The van der Waals surface area contributed by atoms with Gasteiger partial charge in [0.05, 0.1) is 14.2 Å². The van der Waals surface area contributed by atoms with Crippen molar-refractivity contribution < 1.29 is 13.9 Å². The van der Waals surface area contributed by atoms with Gasteiger partial charge in [0, 0.05) is 18.3 Å². The quantitative estimate of drug-likeness (QED) is 0.589. The van der Waals surface area contributed by atoms with E-state index in [4.69, 9.17) is 21.7 Å². The molecule has 4 nitrogen and oxygen atoms in total. The minimum atomic E-state index is -0.211. The van der Waals surface area contributed by atoms with Gasteiger partial charge in [-0.15, -0.1) is 0 Å². The second-order valence-corrected chi connectivity index (χ2v) is 5.59. The van der Waals surface area contributed by atoms with E-state index in [1.165, 1.54) is 12.1 Å². The van der Waals surface area contributed by atoms with Gasteiger partial charge in [0.1, 0.15) is 5.82 Å². The van der Waals surface area contributed by atoms with Gasteiger partial charge in [-0.3, -0.25) is 0 Å². The van der Waals surface area contributed by atoms with E-state index in [0.717, 1.165) is 30.6 Å². The van der Waals surface area contributed by atoms with Gasteiger partial charge in [-0.1, -0.05) is 12.1 Å². The van der Waals surface area contributed by atoms with E-state index in [1.807, 2.05) is 18.2 Å². The summed E-state index contributed by atoms with van der Waals surface area (Å²) in [5, 5.41) is 6.81. The summed E-state index contributed by atoms with van der Waals surface area (Å²) < 4.78 is 23.3. The van der Waals surface area contributed by atoms with Crippen molar-refractivity contribution in [3.63, 3.8) is 0 Å². The van der Waals surface area contributed by atoms with Crippen molar-refractivity contribution in [2.24, 2.45) is 0 Å². The number of anilines is 1. The summed E-state index contributed by atoms with van der Waals surface area (Å²) in [6.45, 7) is 0.733. The molecule has 0 bridgehead atoms. The van der Waals surface area contributed by atoms with Gasteiger partial charge in [-0.05, 0) is 54.9 Å². The zero-order valence-corrected chi connectivity index (χ0v) is 14.6. The maximum absolute atomic E-state index is 12.8. The Bertz CT molecular complexity index is 677. The van der Waals surface area contributed by atoms with Crippen molar-refractivity contribution >= 4 is 23.0 Å². The topological polar surface area (TPSA) is 42.5 Å². The number of ether oxygens (including phenoxy) is 2. The van der Waals surface area contributed by atoms with Crippen molar-refractivity contribution in [2.45, 2.75) is 12.8 Å². The predicted octanol–water partition coefficient (Wildman–Crippen LogP) is 3.76. The van der Waals surface area contributed by atoms with E-state index in [1.54, 1.807) is 26.4 Å². The highest BCUT2D eigenvalue weighted by molar-refractivity contribution is 7.80. The molecule has 0 unspecified atom stereocenters. The fraction of sp³-hybridized carbons (Fsp3) is 0.278. The molecule has 0 fully saturated rings. The first-order chi connectivity index (χ1) is 11.6. The first-order valence-electron chi connectivity index (χ1n) is 7.63. The van der Waals surface area contributed by atoms with Crippen LogP contribution in [0.4, 0.5) is 10.1 Å². The van der Waals surface area contributed by atoms with Gasteiger partial charge in [0.15, 0.2) is 16.6 Å². The van der Waals surface area contributed by atoms with Gasteiger partial charge in [0.25, 0.3) is 0 Å². The van der Waals surface area contributed by atoms with Crippen LogP contribution in [-0.4, -0.2) is 25.9 Å². The normalized spacial score (nSPS) is 10.1. The minimum Gasteiger partial charge on any atom is -0.493 e. The number of aryl methyl sites for hydroxylation is 1. The van der Waals surface area contributed by atoms with Crippen molar-refractivity contribution in [3.05, 3.63) is 53.8 Å². The molecule has 0 amide bonds. The molecule has 0 heterocycles. The zero-order chi connectivity index (χ0) is 17.4. The van der Waals surface area contributed by atoms with E-state index < -0.39 is 0 Å². The van der Waals surface area contributed by atoms with Gasteiger partial charge < -0.3 is 20.1 Å². The standard InChI is InChI=1S/C18H21FN2O2S/c1-22-16-10-9-15(12-17(16)23-2)21-18(24)20-11-3-4-13-5-7-14(19)8-6-13/h5-10,12H,3-4,11H2,1-2H3,(H2,20,21,24). The van der Waals surface area contributed by atoms with Crippen molar-refractivity contribution in [1.82, 2.24) is 5.32 Å². The number of methoxy groups -OCH3 is 2. The maximum Gasteiger partial charge on any atom is 0.170 e. The Balaban J connectivity index is 1.76. The van der Waals surface area contributed by atoms with Gasteiger partial charge in [-0.25, -0.2) is 4.39 Å². The third-order valence-corrected chi connectivity index (χ3v) is 3.73. The van der Waals surface area contributed by atoms with E-state index in [9.17, 15) is 4.39 Å². The number of thiocarbonyl (C=S) groups is 1. The van der Waals surface area contributed by atoms with Crippen LogP contribution >= 0.6 is 12.2 Å². The molecular weight excluding hydrogens is 327 g/mol. The number of halogens is 1. The SMILES string of the molecule is COc1ccc(NC(=S)NCCCc2ccc(F)cc2)cc1OC. The number of nitrogens with one attached hydrogen (secondary N) is 2. The molecule has 2 aromatic carbocycles. The van der Waals surface area contributed by atoms with Crippen molar-refractivity contribution in [2.75, 3.05) is 26.1 Å². The minimum absolute atomic E-state index is 0.211. The monoisotopic (exact) mass is 348 g/mol. The van der Waals surface area contributed by atoms with Crippen molar-refractivity contribution in [3.8, 4) is 11.5 Å². The van der Waals surface area contributed by atoms with Crippen LogP contribution in [-0.2, 0) is 6.42 Å². The molecule has 0 radical (unpaired) electrons. The van der Waals surface area contributed by atoms with E-state index >= 15 is 0 Å². The number of rotatable bonds is 7. The molecule has 2 N–H and O–H groups in total. The van der Waals surface area contributed by atoms with E-state index in [-0.39, 0.29) is 5.82 Å². The predicted molar refractivity (Wildman–Crippen MR) is 98.5 cm³/mol. The molecule has 2 rings (SSSR count). The number of hydrogen-bond donors (Lipinski definition) is 2. The molecule has 0 aromatic heterocycles. The number of benzene rings is 2. The summed E-state index contributed by atoms with van der Waals surface area (Å²) in [6.07, 6.45) is 1.77. The lowest BCUT2D eigenvalue weighted by Gasteiger charge is -2.13.